The Kier molecular flexibility index (Phi) is 8.63. The molecule has 1 saturated heterocycles. The van der Waals surface area contributed by atoms with Crippen LogP contribution in [0.3, 0.4) is 0 Å². The van der Waals surface area contributed by atoms with Gasteiger partial charge in [-0.3, -0.25) is 9.59 Å². The average molecular weight is 508 g/mol. The fourth-order valence-corrected chi connectivity index (χ4v) is 4.51. The highest BCUT2D eigenvalue weighted by atomic mass is 35.5. The molecule has 0 saturated carbocycles. The number of hydrogen-bond donors (Lipinski definition) is 1. The summed E-state index contributed by atoms with van der Waals surface area (Å²) in [7, 11) is 0. The molecule has 1 aliphatic heterocycles. The summed E-state index contributed by atoms with van der Waals surface area (Å²) in [4.78, 5) is 28.0. The predicted molar refractivity (Wildman–Crippen MR) is 132 cm³/mol. The van der Waals surface area contributed by atoms with Gasteiger partial charge in [-0.15, -0.1) is 0 Å². The minimum Gasteiger partial charge on any atom is -0.460 e. The van der Waals surface area contributed by atoms with Crippen molar-refractivity contribution in [1.82, 2.24) is 4.90 Å². The molecule has 1 aliphatic rings. The number of amides is 1. The first-order valence-corrected chi connectivity index (χ1v) is 12.1. The summed E-state index contributed by atoms with van der Waals surface area (Å²) in [6.45, 7) is 6.98. The highest BCUT2D eigenvalue weighted by Gasteiger charge is 2.47. The summed E-state index contributed by atoms with van der Waals surface area (Å²) in [6.07, 6.45) is -1.42. The highest BCUT2D eigenvalue weighted by Crippen LogP contribution is 2.44. The Bertz CT molecular complexity index is 1000. The molecule has 3 unspecified atom stereocenters. The van der Waals surface area contributed by atoms with Crippen molar-refractivity contribution in [3.05, 3.63) is 69.7 Å². The van der Waals surface area contributed by atoms with Crippen molar-refractivity contribution in [2.45, 2.75) is 70.4 Å². The van der Waals surface area contributed by atoms with Gasteiger partial charge in [0.25, 0.3) is 5.91 Å². The fourth-order valence-electron chi connectivity index (χ4n) is 4.19. The topological polar surface area (TPSA) is 76.1 Å². The van der Waals surface area contributed by atoms with Crippen LogP contribution in [0.25, 0.3) is 0 Å². The number of aliphatic hydroxyl groups is 1. The zero-order valence-corrected chi connectivity index (χ0v) is 21.3. The van der Waals surface area contributed by atoms with E-state index in [0.717, 1.165) is 11.1 Å². The van der Waals surface area contributed by atoms with Crippen LogP contribution in [0.15, 0.2) is 48.5 Å². The lowest BCUT2D eigenvalue weighted by molar-refractivity contribution is -0.188. The summed E-state index contributed by atoms with van der Waals surface area (Å²) in [5, 5.41) is 11.2. The van der Waals surface area contributed by atoms with Gasteiger partial charge in [-0.05, 0) is 62.6 Å². The number of halogens is 2. The Labute approximate surface area is 210 Å². The van der Waals surface area contributed by atoms with E-state index < -0.39 is 35.9 Å². The summed E-state index contributed by atoms with van der Waals surface area (Å²) in [5.74, 6) is -0.900. The first-order chi connectivity index (χ1) is 16.0. The van der Waals surface area contributed by atoms with E-state index in [1.54, 1.807) is 49.9 Å². The van der Waals surface area contributed by atoms with E-state index in [4.69, 9.17) is 32.7 Å². The molecule has 34 heavy (non-hydrogen) atoms. The normalized spacial score (nSPS) is 21.9. The van der Waals surface area contributed by atoms with Gasteiger partial charge >= 0.3 is 5.97 Å². The Hall–Kier alpha value is -2.12. The van der Waals surface area contributed by atoms with Crippen LogP contribution in [0.5, 0.6) is 0 Å². The number of ether oxygens (including phenoxy) is 2. The summed E-state index contributed by atoms with van der Waals surface area (Å²) in [5.41, 5.74) is 0.862. The molecule has 4 atom stereocenters. The Morgan fingerprint density at radius 2 is 1.79 bits per heavy atom. The van der Waals surface area contributed by atoms with E-state index >= 15 is 0 Å². The first-order valence-electron chi connectivity index (χ1n) is 11.3. The van der Waals surface area contributed by atoms with E-state index in [2.05, 4.69) is 0 Å². The Morgan fingerprint density at radius 1 is 1.12 bits per heavy atom. The minimum atomic E-state index is -1.07. The molecule has 2 aromatic carbocycles. The Morgan fingerprint density at radius 3 is 2.35 bits per heavy atom. The molecule has 2 aromatic rings. The van der Waals surface area contributed by atoms with Crippen LogP contribution >= 0.6 is 23.2 Å². The van der Waals surface area contributed by atoms with Gasteiger partial charge in [0, 0.05) is 10.0 Å². The third kappa shape index (κ3) is 6.30. The fraction of sp³-hybridized carbons (Fsp3) is 0.462. The zero-order valence-electron chi connectivity index (χ0n) is 19.8. The minimum absolute atomic E-state index is 0.228. The number of carbonyl (C=O) groups is 2. The standard InChI is InChI=1S/C26H31Cl2NO5/c1-5-20(15-30)29-23(16-9-11-18(27)12-10-16)24(17-7-6-8-19(28)13-17)33-21(25(29)32)14-22(31)34-26(2,3)4/h6-13,20-21,23-24,30H,5,14-15H2,1-4H3/t20?,21-,23?,24?/m1/s1. The number of carbonyl (C=O) groups excluding carboxylic acids is 2. The van der Waals surface area contributed by atoms with E-state index in [0.29, 0.717) is 16.5 Å². The van der Waals surface area contributed by atoms with Crippen LogP contribution < -0.4 is 0 Å². The van der Waals surface area contributed by atoms with Crippen LogP contribution in [-0.4, -0.2) is 46.2 Å². The van der Waals surface area contributed by atoms with E-state index in [1.165, 1.54) is 0 Å². The third-order valence-corrected chi connectivity index (χ3v) is 6.15. The molecule has 1 N–H and O–H groups in total. The molecule has 0 aromatic heterocycles. The summed E-state index contributed by atoms with van der Waals surface area (Å²) in [6, 6.07) is 13.4. The van der Waals surface area contributed by atoms with Crippen molar-refractivity contribution < 1.29 is 24.2 Å². The van der Waals surface area contributed by atoms with Gasteiger partial charge in [0.2, 0.25) is 0 Å². The molecule has 8 heteroatoms. The van der Waals surface area contributed by atoms with Crippen molar-refractivity contribution in [2.24, 2.45) is 0 Å². The summed E-state index contributed by atoms with van der Waals surface area (Å²) >= 11 is 12.4. The van der Waals surface area contributed by atoms with Gasteiger partial charge in [0.1, 0.15) is 17.8 Å². The number of morpholine rings is 1. The van der Waals surface area contributed by atoms with Gasteiger partial charge in [-0.1, -0.05) is 54.4 Å². The van der Waals surface area contributed by atoms with Crippen molar-refractivity contribution in [3.63, 3.8) is 0 Å². The number of nitrogens with zero attached hydrogens (tertiary/aromatic N) is 1. The van der Waals surface area contributed by atoms with Crippen LogP contribution in [-0.2, 0) is 19.1 Å². The monoisotopic (exact) mass is 507 g/mol. The van der Waals surface area contributed by atoms with Crippen LogP contribution in [0, 0.1) is 0 Å². The molecule has 0 aliphatic carbocycles. The van der Waals surface area contributed by atoms with Gasteiger partial charge in [-0.2, -0.15) is 0 Å². The SMILES string of the molecule is CCC(CO)N1C(=O)[C@@H](CC(=O)OC(C)(C)C)OC(c2cccc(Cl)c2)C1c1ccc(Cl)cc1. The van der Waals surface area contributed by atoms with Crippen LogP contribution in [0.1, 0.15) is 63.8 Å². The van der Waals surface area contributed by atoms with Gasteiger partial charge in [0.05, 0.1) is 25.1 Å². The van der Waals surface area contributed by atoms with E-state index in [-0.39, 0.29) is 18.9 Å². The quantitative estimate of drug-likeness (QED) is 0.500. The van der Waals surface area contributed by atoms with E-state index in [9.17, 15) is 14.7 Å². The number of aliphatic hydroxyl groups excluding tert-OH is 1. The smallest absolute Gasteiger partial charge is 0.309 e. The van der Waals surface area contributed by atoms with Gasteiger partial charge < -0.3 is 19.5 Å². The number of benzene rings is 2. The second-order valence-corrected chi connectivity index (χ2v) is 10.3. The van der Waals surface area contributed by atoms with Crippen LogP contribution in [0.4, 0.5) is 0 Å². The molecule has 1 fully saturated rings. The predicted octanol–water partition coefficient (Wildman–Crippen LogP) is 5.51. The van der Waals surface area contributed by atoms with E-state index in [1.807, 2.05) is 31.2 Å². The maximum absolute atomic E-state index is 13.7. The average Bonchev–Trinajstić information content (AvgIpc) is 2.76. The first kappa shape index (κ1) is 26.5. The van der Waals surface area contributed by atoms with Crippen molar-refractivity contribution in [2.75, 3.05) is 6.61 Å². The highest BCUT2D eigenvalue weighted by molar-refractivity contribution is 6.30. The molecule has 0 spiro atoms. The molecule has 6 nitrogen and oxygen atoms in total. The molecular weight excluding hydrogens is 477 g/mol. The Balaban J connectivity index is 2.09. The number of hydrogen-bond acceptors (Lipinski definition) is 5. The van der Waals surface area contributed by atoms with Crippen molar-refractivity contribution >= 4 is 35.1 Å². The second kappa shape index (κ2) is 11.1. The lowest BCUT2D eigenvalue weighted by Crippen LogP contribution is -2.56. The molecular formula is C26H31Cl2NO5. The largest absolute Gasteiger partial charge is 0.460 e. The number of esters is 1. The molecule has 0 bridgehead atoms. The maximum Gasteiger partial charge on any atom is 0.309 e. The molecule has 1 heterocycles. The molecule has 1 amide bonds. The van der Waals surface area contributed by atoms with Gasteiger partial charge in [0.15, 0.2) is 0 Å². The molecule has 3 rings (SSSR count). The third-order valence-electron chi connectivity index (χ3n) is 5.66. The van der Waals surface area contributed by atoms with Crippen molar-refractivity contribution in [3.8, 4) is 0 Å². The van der Waals surface area contributed by atoms with Gasteiger partial charge in [-0.25, -0.2) is 0 Å². The summed E-state index contributed by atoms with van der Waals surface area (Å²) < 4.78 is 11.8. The second-order valence-electron chi connectivity index (χ2n) is 9.38. The lowest BCUT2D eigenvalue weighted by atomic mass is 9.89. The molecule has 184 valence electrons. The van der Waals surface area contributed by atoms with Crippen molar-refractivity contribution in [1.29, 1.82) is 0 Å². The lowest BCUT2D eigenvalue weighted by Gasteiger charge is -2.47. The molecule has 0 radical (unpaired) electrons. The van der Waals surface area contributed by atoms with Crippen LogP contribution in [0.2, 0.25) is 10.0 Å². The number of rotatable bonds is 7. The zero-order chi connectivity index (χ0) is 25.0. The maximum atomic E-state index is 13.7.